The molecular formula is C16H25Cl2SiZr. The molecule has 0 spiro atoms. The summed E-state index contributed by atoms with van der Waals surface area (Å²) in [5.74, 6) is -0.509. The van der Waals surface area contributed by atoms with Crippen molar-refractivity contribution in [2.45, 2.75) is 53.6 Å². The van der Waals surface area contributed by atoms with E-state index in [1.807, 2.05) is 6.56 Å². The van der Waals surface area contributed by atoms with Gasteiger partial charge in [0.2, 0.25) is 0 Å². The monoisotopic (exact) mass is 405 g/mol. The maximum atomic E-state index is 2.59. The molecule has 0 unspecified atom stereocenters. The van der Waals surface area contributed by atoms with E-state index in [2.05, 4.69) is 52.9 Å². The first-order valence-electron chi connectivity index (χ1n) is 7.04. The molecule has 0 aromatic heterocycles. The quantitative estimate of drug-likeness (QED) is 0.518. The summed E-state index contributed by atoms with van der Waals surface area (Å²) in [5, 5.41) is 0. The maximum absolute atomic E-state index is 2.59. The minimum absolute atomic E-state index is 0. The molecule has 0 amide bonds. The third kappa shape index (κ3) is 3.88. The summed E-state index contributed by atoms with van der Waals surface area (Å²) >= 11 is -1.47. The van der Waals surface area contributed by atoms with E-state index in [-0.39, 0.29) is 24.8 Å². The zero-order chi connectivity index (χ0) is 13.4. The fourth-order valence-corrected chi connectivity index (χ4v) is 24.2. The summed E-state index contributed by atoms with van der Waals surface area (Å²) in [6.45, 7) is 14.5. The van der Waals surface area contributed by atoms with Gasteiger partial charge in [0, 0.05) is 0 Å². The first-order chi connectivity index (χ1) is 8.43. The summed E-state index contributed by atoms with van der Waals surface area (Å²) in [5.41, 5.74) is 6.43. The molecule has 4 heteroatoms. The van der Waals surface area contributed by atoms with Gasteiger partial charge in [-0.15, -0.1) is 0 Å². The van der Waals surface area contributed by atoms with Gasteiger partial charge in [0.15, 0.2) is 0 Å². The summed E-state index contributed by atoms with van der Waals surface area (Å²) in [6, 6.07) is 0. The van der Waals surface area contributed by atoms with E-state index in [4.69, 9.17) is 0 Å². The largest absolute Gasteiger partial charge is 1.00 e. The van der Waals surface area contributed by atoms with Crippen LogP contribution in [0.1, 0.15) is 40.5 Å². The van der Waals surface area contributed by atoms with Crippen LogP contribution in [-0.4, -0.2) is 5.92 Å². The van der Waals surface area contributed by atoms with E-state index in [0.29, 0.717) is 0 Å². The molecule has 2 rings (SSSR count). The van der Waals surface area contributed by atoms with E-state index in [0.717, 1.165) is 0 Å². The molecule has 20 heavy (non-hydrogen) atoms. The number of hydrogen-bond donors (Lipinski definition) is 0. The van der Waals surface area contributed by atoms with Gasteiger partial charge in [-0.3, -0.25) is 0 Å². The molecule has 111 valence electrons. The van der Waals surface area contributed by atoms with Gasteiger partial charge < -0.3 is 24.8 Å². The van der Waals surface area contributed by atoms with Gasteiger partial charge in [0.25, 0.3) is 0 Å². The van der Waals surface area contributed by atoms with Crippen LogP contribution < -0.4 is 24.8 Å². The predicted octanol–water partition coefficient (Wildman–Crippen LogP) is -1.16. The molecule has 0 fully saturated rings. The molecule has 0 saturated carbocycles. The third-order valence-electron chi connectivity index (χ3n) is 4.54. The van der Waals surface area contributed by atoms with Crippen molar-refractivity contribution in [3.05, 3.63) is 41.0 Å². The normalized spacial score (nSPS) is 17.9. The fraction of sp³-hybridized carbons (Fsp3) is 0.500. The second kappa shape index (κ2) is 8.32. The molecule has 2 aliphatic rings. The fourth-order valence-electron chi connectivity index (χ4n) is 3.10. The van der Waals surface area contributed by atoms with Gasteiger partial charge in [-0.2, -0.15) is 0 Å². The molecule has 0 nitrogen and oxygen atoms in total. The Balaban J connectivity index is 0.00000180. The van der Waals surface area contributed by atoms with E-state index in [9.17, 15) is 0 Å². The van der Waals surface area contributed by atoms with Crippen LogP contribution in [-0.2, 0) is 20.9 Å². The molecule has 0 aromatic rings. The van der Waals surface area contributed by atoms with Crippen molar-refractivity contribution >= 4 is 5.92 Å². The van der Waals surface area contributed by atoms with Crippen LogP contribution in [0.4, 0.5) is 0 Å². The van der Waals surface area contributed by atoms with Gasteiger partial charge >= 0.3 is 121 Å². The van der Waals surface area contributed by atoms with E-state index in [1.54, 1.807) is 22.3 Å². The molecule has 0 radical (unpaired) electrons. The van der Waals surface area contributed by atoms with Crippen molar-refractivity contribution in [2.75, 3.05) is 0 Å². The first kappa shape index (κ1) is 20.6. The Labute approximate surface area is 145 Å². The number of halogens is 2. The standard InChI is InChI=1S/2C7H9.C2H7Si.2ClH.Zr/c2*1-6-4-3-5-7(6)2;1-3-2;;;/h2*4H,3H2,1-2H3;3H,1-2H3;2*1H;/q;;;;;+2/p-2. The number of rotatable bonds is 3. The summed E-state index contributed by atoms with van der Waals surface area (Å²) in [4.78, 5) is 0. The van der Waals surface area contributed by atoms with Gasteiger partial charge in [-0.25, -0.2) is 0 Å². The summed E-state index contributed by atoms with van der Waals surface area (Å²) in [7, 11) is 0. The van der Waals surface area contributed by atoms with Gasteiger partial charge in [0.1, 0.15) is 0 Å². The topological polar surface area (TPSA) is 0 Å². The zero-order valence-corrected chi connectivity index (χ0v) is 18.5. The Hall–Kier alpha value is 0.640. The van der Waals surface area contributed by atoms with Crippen molar-refractivity contribution in [2.24, 2.45) is 0 Å². The number of allylic oxidation sites excluding steroid dienone is 8. The van der Waals surface area contributed by atoms with Crippen molar-refractivity contribution in [1.29, 1.82) is 0 Å². The van der Waals surface area contributed by atoms with Crippen LogP contribution in [0.2, 0.25) is 13.1 Å². The van der Waals surface area contributed by atoms with Crippen LogP contribution in [0.3, 0.4) is 0 Å². The molecule has 2 aliphatic carbocycles. The molecule has 0 N–H and O–H groups in total. The average molecular weight is 408 g/mol. The molecule has 0 heterocycles. The van der Waals surface area contributed by atoms with Crippen LogP contribution >= 0.6 is 0 Å². The minimum atomic E-state index is -1.47. The van der Waals surface area contributed by atoms with Crippen molar-refractivity contribution in [3.63, 3.8) is 0 Å². The molecule has 0 aliphatic heterocycles. The molecule has 0 saturated heterocycles. The van der Waals surface area contributed by atoms with Gasteiger partial charge in [-0.05, 0) is 0 Å². The van der Waals surface area contributed by atoms with Crippen molar-refractivity contribution < 1.29 is 45.7 Å². The van der Waals surface area contributed by atoms with Crippen LogP contribution in [0, 0.1) is 0 Å². The Morgan fingerprint density at radius 3 is 1.35 bits per heavy atom. The Bertz CT molecular complexity index is 457. The van der Waals surface area contributed by atoms with E-state index in [1.165, 1.54) is 12.8 Å². The van der Waals surface area contributed by atoms with Crippen LogP contribution in [0.15, 0.2) is 41.0 Å². The predicted molar refractivity (Wildman–Crippen MR) is 81.0 cm³/mol. The summed E-state index contributed by atoms with van der Waals surface area (Å²) < 4.78 is 3.85. The second-order valence-corrected chi connectivity index (χ2v) is 25.2. The second-order valence-electron chi connectivity index (χ2n) is 5.96. The Kier molecular flexibility index (Phi) is 8.59. The molecule has 0 atom stereocenters. The smallest absolute Gasteiger partial charge is 1.00 e. The molecule has 0 bridgehead atoms. The average Bonchev–Trinajstić information content (AvgIpc) is 2.79. The molecule has 0 aromatic carbocycles. The SMILES string of the molecule is CC1=CC[C]([Zr+2]([C]2=C(C)C(C)=CC2)[SiH](C)C)=C1C.[Cl-].[Cl-]. The van der Waals surface area contributed by atoms with Crippen LogP contribution in [0.25, 0.3) is 0 Å². The third-order valence-corrected chi connectivity index (χ3v) is 24.4. The van der Waals surface area contributed by atoms with Crippen molar-refractivity contribution in [1.82, 2.24) is 0 Å². The molecular weight excluding hydrogens is 382 g/mol. The van der Waals surface area contributed by atoms with Crippen molar-refractivity contribution in [3.8, 4) is 0 Å². The first-order valence-corrected chi connectivity index (χ1v) is 16.6. The van der Waals surface area contributed by atoms with Gasteiger partial charge in [-0.1, -0.05) is 0 Å². The maximum Gasteiger partial charge on any atom is -1.00 e. The Morgan fingerprint density at radius 1 is 0.800 bits per heavy atom. The Morgan fingerprint density at radius 2 is 1.15 bits per heavy atom. The minimum Gasteiger partial charge on any atom is -1.00 e. The zero-order valence-electron chi connectivity index (χ0n) is 13.4. The number of hydrogen-bond acceptors (Lipinski definition) is 0. The van der Waals surface area contributed by atoms with E-state index < -0.39 is 26.8 Å². The van der Waals surface area contributed by atoms with Gasteiger partial charge in [0.05, 0.1) is 0 Å². The summed E-state index contributed by atoms with van der Waals surface area (Å²) in [6.07, 6.45) is 7.50. The van der Waals surface area contributed by atoms with E-state index >= 15 is 0 Å². The van der Waals surface area contributed by atoms with Crippen LogP contribution in [0.5, 0.6) is 0 Å².